The molecule has 1 unspecified atom stereocenters. The third-order valence-corrected chi connectivity index (χ3v) is 6.45. The summed E-state index contributed by atoms with van der Waals surface area (Å²) in [5.41, 5.74) is 7.53. The summed E-state index contributed by atoms with van der Waals surface area (Å²) >= 11 is 0. The van der Waals surface area contributed by atoms with Crippen molar-refractivity contribution in [3.8, 4) is 0 Å². The molecule has 1 aliphatic heterocycles. The Morgan fingerprint density at radius 1 is 0.857 bits per heavy atom. The lowest BCUT2D eigenvalue weighted by Gasteiger charge is -2.37. The highest BCUT2D eigenvalue weighted by molar-refractivity contribution is 5.47. The largest absolute Gasteiger partial charge is 0.358 e. The molecule has 0 amide bonds. The minimum Gasteiger partial charge on any atom is -0.358 e. The van der Waals surface area contributed by atoms with Crippen molar-refractivity contribution in [3.63, 3.8) is 0 Å². The number of hydrogen-bond acceptors (Lipinski definition) is 5. The van der Waals surface area contributed by atoms with Crippen molar-refractivity contribution in [1.82, 2.24) is 9.55 Å². The quantitative estimate of drug-likeness (QED) is 0.405. The summed E-state index contributed by atoms with van der Waals surface area (Å²) in [6, 6.07) is 31.2. The molecule has 3 N–H and O–H groups in total. The molecule has 0 radical (unpaired) electrons. The molecule has 1 fully saturated rings. The molecule has 0 bridgehead atoms. The number of benzene rings is 3. The lowest BCUT2D eigenvalue weighted by Crippen LogP contribution is -2.40. The van der Waals surface area contributed by atoms with E-state index >= 15 is 0 Å². The third kappa shape index (κ3) is 4.49. The van der Waals surface area contributed by atoms with Gasteiger partial charge in [-0.25, -0.2) is 4.79 Å². The summed E-state index contributed by atoms with van der Waals surface area (Å²) in [6.45, 7) is 0.203. The number of ether oxygens (including phenoxy) is 2. The van der Waals surface area contributed by atoms with Crippen LogP contribution in [-0.4, -0.2) is 28.3 Å². The average molecular weight is 470 g/mol. The maximum Gasteiger partial charge on any atom is 0.330 e. The molecule has 1 aromatic heterocycles. The van der Waals surface area contributed by atoms with Gasteiger partial charge >= 0.3 is 5.69 Å². The van der Waals surface area contributed by atoms with Crippen LogP contribution in [0.2, 0.25) is 0 Å². The van der Waals surface area contributed by atoms with E-state index in [4.69, 9.17) is 15.2 Å². The van der Waals surface area contributed by atoms with Gasteiger partial charge in [0, 0.05) is 24.7 Å². The molecule has 0 aliphatic carbocycles. The van der Waals surface area contributed by atoms with Gasteiger partial charge in [0.05, 0.1) is 12.7 Å². The first-order chi connectivity index (χ1) is 17.1. The zero-order chi connectivity index (χ0) is 24.3. The van der Waals surface area contributed by atoms with Crippen molar-refractivity contribution < 1.29 is 9.47 Å². The molecule has 1 saturated heterocycles. The van der Waals surface area contributed by atoms with Crippen molar-refractivity contribution in [2.45, 2.75) is 30.4 Å². The molecular weight excluding hydrogens is 442 g/mol. The fourth-order valence-corrected chi connectivity index (χ4v) is 4.71. The predicted molar refractivity (Wildman–Crippen MR) is 133 cm³/mol. The Morgan fingerprint density at radius 3 is 1.86 bits per heavy atom. The van der Waals surface area contributed by atoms with Gasteiger partial charge in [0.1, 0.15) is 11.8 Å². The Bertz CT molecular complexity index is 1270. The topological polar surface area (TPSA) is 99.3 Å². The number of aromatic amines is 1. The number of hydrogen-bond donors (Lipinski definition) is 2. The molecule has 35 heavy (non-hydrogen) atoms. The van der Waals surface area contributed by atoms with Gasteiger partial charge in [0.25, 0.3) is 5.56 Å². The Labute approximate surface area is 202 Å². The lowest BCUT2D eigenvalue weighted by atomic mass is 9.80. The van der Waals surface area contributed by atoms with E-state index in [1.54, 1.807) is 0 Å². The Morgan fingerprint density at radius 2 is 1.37 bits per heavy atom. The zero-order valence-corrected chi connectivity index (χ0v) is 19.1. The normalized spacial score (nSPS) is 20.1. The van der Waals surface area contributed by atoms with Crippen molar-refractivity contribution in [3.05, 3.63) is 141 Å². The molecular formula is C28H27N3O4. The molecule has 178 valence electrons. The molecule has 3 atom stereocenters. The summed E-state index contributed by atoms with van der Waals surface area (Å²) in [5, 5.41) is 0. The van der Waals surface area contributed by atoms with E-state index < -0.39 is 29.2 Å². The molecule has 7 nitrogen and oxygen atoms in total. The van der Waals surface area contributed by atoms with Gasteiger partial charge in [-0.2, -0.15) is 0 Å². The van der Waals surface area contributed by atoms with E-state index in [-0.39, 0.29) is 12.6 Å². The van der Waals surface area contributed by atoms with E-state index in [9.17, 15) is 9.59 Å². The smallest absolute Gasteiger partial charge is 0.330 e. The Kier molecular flexibility index (Phi) is 6.46. The number of nitrogens with two attached hydrogens (primary N) is 1. The molecule has 3 aromatic carbocycles. The van der Waals surface area contributed by atoms with Crippen LogP contribution in [-0.2, 0) is 15.1 Å². The van der Waals surface area contributed by atoms with Crippen LogP contribution in [0.4, 0.5) is 0 Å². The summed E-state index contributed by atoms with van der Waals surface area (Å²) < 4.78 is 14.4. The van der Waals surface area contributed by atoms with E-state index in [0.717, 1.165) is 16.7 Å². The molecule has 1 aliphatic rings. The van der Waals surface area contributed by atoms with Gasteiger partial charge in [-0.1, -0.05) is 91.0 Å². The molecule has 2 heterocycles. The Balaban J connectivity index is 1.50. The molecule has 5 rings (SSSR count). The fourth-order valence-electron chi connectivity index (χ4n) is 4.71. The molecule has 4 aromatic rings. The zero-order valence-electron chi connectivity index (χ0n) is 19.1. The van der Waals surface area contributed by atoms with Crippen LogP contribution >= 0.6 is 0 Å². The second-order valence-electron chi connectivity index (χ2n) is 8.64. The van der Waals surface area contributed by atoms with Gasteiger partial charge in [-0.05, 0) is 16.7 Å². The predicted octanol–water partition coefficient (Wildman–Crippen LogP) is 3.16. The minimum atomic E-state index is -0.889. The van der Waals surface area contributed by atoms with E-state index in [2.05, 4.69) is 41.4 Å². The van der Waals surface area contributed by atoms with E-state index in [1.165, 1.54) is 16.8 Å². The minimum absolute atomic E-state index is 0.203. The van der Waals surface area contributed by atoms with Crippen molar-refractivity contribution in [2.24, 2.45) is 5.73 Å². The average Bonchev–Trinajstić information content (AvgIpc) is 3.26. The monoisotopic (exact) mass is 469 g/mol. The van der Waals surface area contributed by atoms with Gasteiger partial charge in [-0.15, -0.1) is 0 Å². The van der Waals surface area contributed by atoms with Crippen molar-refractivity contribution in [1.29, 1.82) is 0 Å². The summed E-state index contributed by atoms with van der Waals surface area (Å²) in [7, 11) is 0. The highest BCUT2D eigenvalue weighted by Crippen LogP contribution is 2.41. The van der Waals surface area contributed by atoms with Gasteiger partial charge in [-0.3, -0.25) is 14.3 Å². The highest BCUT2D eigenvalue weighted by Gasteiger charge is 2.41. The first-order valence-corrected chi connectivity index (χ1v) is 11.6. The Hall–Kier alpha value is -3.78. The van der Waals surface area contributed by atoms with E-state index in [0.29, 0.717) is 6.42 Å². The fraction of sp³-hybridized carbons (Fsp3) is 0.214. The first-order valence-electron chi connectivity index (χ1n) is 11.6. The highest BCUT2D eigenvalue weighted by atomic mass is 16.6. The number of aromatic nitrogens is 2. The van der Waals surface area contributed by atoms with E-state index in [1.807, 2.05) is 54.6 Å². The maximum atomic E-state index is 12.3. The number of nitrogens with one attached hydrogen (secondary N) is 1. The van der Waals surface area contributed by atoms with Crippen LogP contribution < -0.4 is 17.0 Å². The molecule has 0 spiro atoms. The number of rotatable bonds is 7. The van der Waals surface area contributed by atoms with Crippen LogP contribution in [0.3, 0.4) is 0 Å². The number of H-pyrrole nitrogens is 1. The second kappa shape index (κ2) is 9.84. The lowest BCUT2D eigenvalue weighted by molar-refractivity contribution is -0.0796. The van der Waals surface area contributed by atoms with Crippen LogP contribution in [0.5, 0.6) is 0 Å². The molecule has 0 saturated carbocycles. The van der Waals surface area contributed by atoms with Gasteiger partial charge in [0.2, 0.25) is 0 Å². The molecule has 7 heteroatoms. The summed E-state index contributed by atoms with van der Waals surface area (Å²) in [4.78, 5) is 26.0. The van der Waals surface area contributed by atoms with Crippen LogP contribution in [0, 0.1) is 0 Å². The summed E-state index contributed by atoms with van der Waals surface area (Å²) in [5.74, 6) is 0. The number of nitrogens with zero attached hydrogens (tertiary/aromatic N) is 1. The second-order valence-corrected chi connectivity index (χ2v) is 8.64. The van der Waals surface area contributed by atoms with Crippen LogP contribution in [0.15, 0.2) is 113 Å². The standard InChI is InChI=1S/C28H27N3O4/c29-23-18-26(31-17-16-25(32)30-27(31)33)35-24(23)19-34-28(20-10-4-1-5-11-20,21-12-6-2-7-13-21)22-14-8-3-9-15-22/h1-17,23-24,26H,18-19,29H2,(H,30,32,33)/t23?,24-,26-/m0/s1. The van der Waals surface area contributed by atoms with Crippen molar-refractivity contribution >= 4 is 0 Å². The summed E-state index contributed by atoms with van der Waals surface area (Å²) in [6.07, 6.45) is 0.829. The van der Waals surface area contributed by atoms with Crippen LogP contribution in [0.25, 0.3) is 0 Å². The SMILES string of the molecule is NC1C[C@@H](n2ccc(=O)[nH]c2=O)O[C@H]1COC(c1ccccc1)(c1ccccc1)c1ccccc1. The maximum absolute atomic E-state index is 12.3. The first kappa shape index (κ1) is 23.0. The van der Waals surface area contributed by atoms with Gasteiger partial charge in [0.15, 0.2) is 0 Å². The van der Waals surface area contributed by atoms with Crippen molar-refractivity contribution in [2.75, 3.05) is 6.61 Å². The van der Waals surface area contributed by atoms with Crippen LogP contribution in [0.1, 0.15) is 29.3 Å². The third-order valence-electron chi connectivity index (χ3n) is 6.45. The van der Waals surface area contributed by atoms with Gasteiger partial charge < -0.3 is 15.2 Å².